The Kier molecular flexibility index (Phi) is 3.92. The zero-order valence-corrected chi connectivity index (χ0v) is 7.83. The summed E-state index contributed by atoms with van der Waals surface area (Å²) in [6.07, 6.45) is 2.44. The van der Waals surface area contributed by atoms with Crippen molar-refractivity contribution in [3.8, 4) is 0 Å². The van der Waals surface area contributed by atoms with Gasteiger partial charge in [-0.2, -0.15) is 0 Å². The van der Waals surface area contributed by atoms with Crippen LogP contribution in [0.3, 0.4) is 0 Å². The summed E-state index contributed by atoms with van der Waals surface area (Å²) in [7, 11) is 0. The predicted octanol–water partition coefficient (Wildman–Crippen LogP) is -0.473. The van der Waals surface area contributed by atoms with Gasteiger partial charge in [-0.15, -0.1) is 0 Å². The first kappa shape index (κ1) is 10.2. The first-order valence-electron chi connectivity index (χ1n) is 4.60. The van der Waals surface area contributed by atoms with E-state index in [1.165, 1.54) is 6.08 Å². The Morgan fingerprint density at radius 1 is 1.77 bits per heavy atom. The van der Waals surface area contributed by atoms with Crippen molar-refractivity contribution < 1.29 is 4.79 Å². The number of nitrogens with one attached hydrogen (secondary N) is 1. The topological polar surface area (TPSA) is 58.4 Å². The van der Waals surface area contributed by atoms with Gasteiger partial charge in [-0.1, -0.05) is 6.58 Å². The molecule has 0 aromatic rings. The predicted molar refractivity (Wildman–Crippen MR) is 51.9 cm³/mol. The van der Waals surface area contributed by atoms with Gasteiger partial charge in [0.1, 0.15) is 0 Å². The van der Waals surface area contributed by atoms with E-state index in [2.05, 4.69) is 11.9 Å². The molecule has 0 aromatic carbocycles. The van der Waals surface area contributed by atoms with Crippen LogP contribution in [0.5, 0.6) is 0 Å². The van der Waals surface area contributed by atoms with Gasteiger partial charge in [0.05, 0.1) is 0 Å². The number of hydrogen-bond donors (Lipinski definition) is 2. The average molecular weight is 183 g/mol. The Hall–Kier alpha value is -0.870. The maximum Gasteiger partial charge on any atom is 0.245 e. The molecule has 0 radical (unpaired) electrons. The van der Waals surface area contributed by atoms with Crippen molar-refractivity contribution in [1.82, 2.24) is 10.2 Å². The fourth-order valence-corrected chi connectivity index (χ4v) is 1.62. The second kappa shape index (κ2) is 4.99. The van der Waals surface area contributed by atoms with Gasteiger partial charge in [0.2, 0.25) is 5.91 Å². The van der Waals surface area contributed by atoms with Crippen LogP contribution in [0.15, 0.2) is 12.7 Å². The van der Waals surface area contributed by atoms with E-state index in [0.29, 0.717) is 12.6 Å². The minimum atomic E-state index is 0.0373. The van der Waals surface area contributed by atoms with E-state index in [9.17, 15) is 4.79 Å². The molecule has 0 aliphatic carbocycles. The number of nitrogens with zero attached hydrogens (tertiary/aromatic N) is 1. The first-order chi connectivity index (χ1) is 6.27. The van der Waals surface area contributed by atoms with Crippen LogP contribution in [0.2, 0.25) is 0 Å². The zero-order valence-electron chi connectivity index (χ0n) is 7.83. The summed E-state index contributed by atoms with van der Waals surface area (Å²) in [4.78, 5) is 13.0. The van der Waals surface area contributed by atoms with Gasteiger partial charge < -0.3 is 16.0 Å². The summed E-state index contributed by atoms with van der Waals surface area (Å²) >= 11 is 0. The Labute approximate surface area is 78.8 Å². The second-order valence-electron chi connectivity index (χ2n) is 3.30. The zero-order chi connectivity index (χ0) is 9.68. The van der Waals surface area contributed by atoms with Crippen LogP contribution in [0.4, 0.5) is 0 Å². The van der Waals surface area contributed by atoms with Crippen LogP contribution in [0.1, 0.15) is 6.42 Å². The molecule has 1 rings (SSSR count). The minimum absolute atomic E-state index is 0.0373. The van der Waals surface area contributed by atoms with E-state index in [0.717, 1.165) is 26.1 Å². The molecule has 1 aliphatic rings. The van der Waals surface area contributed by atoms with E-state index < -0.39 is 0 Å². The van der Waals surface area contributed by atoms with E-state index in [4.69, 9.17) is 5.73 Å². The normalized spacial score (nSPS) is 21.9. The molecule has 1 amide bonds. The summed E-state index contributed by atoms with van der Waals surface area (Å²) in [5.74, 6) is 0.586. The summed E-state index contributed by atoms with van der Waals surface area (Å²) in [6.45, 7) is 6.55. The monoisotopic (exact) mass is 183 g/mol. The van der Waals surface area contributed by atoms with Crippen molar-refractivity contribution in [2.45, 2.75) is 6.42 Å². The average Bonchev–Trinajstić information content (AvgIpc) is 2.62. The highest BCUT2D eigenvalue weighted by atomic mass is 16.2. The molecular weight excluding hydrogens is 166 g/mol. The maximum absolute atomic E-state index is 11.2. The van der Waals surface area contributed by atoms with E-state index in [1.807, 2.05) is 4.90 Å². The molecule has 1 saturated heterocycles. The molecule has 0 spiro atoms. The summed E-state index contributed by atoms with van der Waals surface area (Å²) < 4.78 is 0. The molecule has 0 bridgehead atoms. The Morgan fingerprint density at radius 2 is 2.54 bits per heavy atom. The molecule has 0 saturated carbocycles. The lowest BCUT2D eigenvalue weighted by Gasteiger charge is -2.14. The van der Waals surface area contributed by atoms with Crippen molar-refractivity contribution in [1.29, 1.82) is 0 Å². The van der Waals surface area contributed by atoms with Crippen LogP contribution < -0.4 is 11.1 Å². The maximum atomic E-state index is 11.2. The van der Waals surface area contributed by atoms with Gasteiger partial charge in [0.15, 0.2) is 0 Å². The molecular formula is C9H17N3O. The highest BCUT2D eigenvalue weighted by molar-refractivity contribution is 5.87. The Bertz CT molecular complexity index is 193. The quantitative estimate of drug-likeness (QED) is 0.457. The molecule has 3 N–H and O–H groups in total. The largest absolute Gasteiger partial charge is 0.339 e. The van der Waals surface area contributed by atoms with Gasteiger partial charge in [-0.05, 0) is 18.4 Å². The van der Waals surface area contributed by atoms with Crippen molar-refractivity contribution in [2.75, 3.05) is 26.3 Å². The van der Waals surface area contributed by atoms with Crippen LogP contribution in [0.25, 0.3) is 0 Å². The second-order valence-corrected chi connectivity index (χ2v) is 3.30. The van der Waals surface area contributed by atoms with Gasteiger partial charge in [-0.25, -0.2) is 0 Å². The molecule has 0 aromatic heterocycles. The molecule has 1 heterocycles. The van der Waals surface area contributed by atoms with E-state index in [1.54, 1.807) is 0 Å². The number of likely N-dealkylation sites (tertiary alicyclic amines) is 1. The van der Waals surface area contributed by atoms with Crippen LogP contribution in [-0.4, -0.2) is 37.1 Å². The van der Waals surface area contributed by atoms with Gasteiger partial charge in [0, 0.05) is 26.3 Å². The highest BCUT2D eigenvalue weighted by Gasteiger charge is 2.23. The van der Waals surface area contributed by atoms with Crippen LogP contribution in [0, 0.1) is 5.92 Å². The number of hydrogen-bond acceptors (Lipinski definition) is 3. The first-order valence-corrected chi connectivity index (χ1v) is 4.60. The Morgan fingerprint density at radius 3 is 3.15 bits per heavy atom. The van der Waals surface area contributed by atoms with Crippen LogP contribution in [-0.2, 0) is 4.79 Å². The number of carbonyl (C=O) groups excluding carboxylic acids is 1. The lowest BCUT2D eigenvalue weighted by atomic mass is 10.1. The third-order valence-electron chi connectivity index (χ3n) is 2.35. The molecule has 1 aliphatic heterocycles. The fraction of sp³-hybridized carbons (Fsp3) is 0.667. The lowest BCUT2D eigenvalue weighted by Crippen LogP contribution is -2.31. The molecule has 74 valence electrons. The number of carbonyl (C=O) groups is 1. The molecule has 4 nitrogen and oxygen atoms in total. The Balaban J connectivity index is 2.27. The minimum Gasteiger partial charge on any atom is -0.339 e. The summed E-state index contributed by atoms with van der Waals surface area (Å²) in [5, 5.41) is 3.08. The fourth-order valence-electron chi connectivity index (χ4n) is 1.62. The van der Waals surface area contributed by atoms with Crippen LogP contribution >= 0.6 is 0 Å². The van der Waals surface area contributed by atoms with Crippen molar-refractivity contribution in [3.63, 3.8) is 0 Å². The molecule has 1 atom stereocenters. The lowest BCUT2D eigenvalue weighted by molar-refractivity contribution is -0.125. The van der Waals surface area contributed by atoms with Gasteiger partial charge in [-0.3, -0.25) is 4.79 Å². The smallest absolute Gasteiger partial charge is 0.245 e. The van der Waals surface area contributed by atoms with Gasteiger partial charge >= 0.3 is 0 Å². The third kappa shape index (κ3) is 2.82. The standard InChI is InChI=1S/C9H17N3O/c1-2-9(13)12-4-3-8(6-12)5-11-7-10/h2,8,11H,1,3-7,10H2. The van der Waals surface area contributed by atoms with E-state index in [-0.39, 0.29) is 5.91 Å². The van der Waals surface area contributed by atoms with E-state index >= 15 is 0 Å². The highest BCUT2D eigenvalue weighted by Crippen LogP contribution is 2.15. The van der Waals surface area contributed by atoms with Crippen molar-refractivity contribution in [2.24, 2.45) is 11.7 Å². The molecule has 13 heavy (non-hydrogen) atoms. The number of rotatable bonds is 4. The number of amides is 1. The number of nitrogens with two attached hydrogens (primary N) is 1. The van der Waals surface area contributed by atoms with Crippen molar-refractivity contribution in [3.05, 3.63) is 12.7 Å². The van der Waals surface area contributed by atoms with Gasteiger partial charge in [0.25, 0.3) is 0 Å². The van der Waals surface area contributed by atoms with Crippen molar-refractivity contribution >= 4 is 5.91 Å². The summed E-state index contributed by atoms with van der Waals surface area (Å²) in [5.41, 5.74) is 5.32. The summed E-state index contributed by atoms with van der Waals surface area (Å²) in [6, 6.07) is 0. The molecule has 1 unspecified atom stereocenters. The molecule has 4 heteroatoms. The third-order valence-corrected chi connectivity index (χ3v) is 2.35. The SMILES string of the molecule is C=CC(=O)N1CCC(CNCN)C1. The molecule has 1 fully saturated rings.